The molecule has 0 fully saturated rings. The molecule has 156 valence electrons. The molecule has 0 radical (unpaired) electrons. The Morgan fingerprint density at radius 1 is 1.07 bits per heavy atom. The maximum atomic E-state index is 12.5. The standard InChI is InChI=1S/C23H23NO4S2/c1-26-19-12-16(13-20(27-2)23(19)28-3)8-9-22(25)24-18-6-4-5-7-21(18)30-15-17-10-11-29-14-17/h4-14H,15H2,1-3H3,(H,24,25). The van der Waals surface area contributed by atoms with E-state index < -0.39 is 0 Å². The van der Waals surface area contributed by atoms with Crippen molar-refractivity contribution >= 4 is 40.8 Å². The molecule has 0 saturated carbocycles. The second-order valence-electron chi connectivity index (χ2n) is 6.20. The van der Waals surface area contributed by atoms with Gasteiger partial charge in [0.2, 0.25) is 11.7 Å². The van der Waals surface area contributed by atoms with Crippen LogP contribution in [-0.2, 0) is 10.5 Å². The van der Waals surface area contributed by atoms with Crippen molar-refractivity contribution in [3.05, 3.63) is 70.4 Å². The van der Waals surface area contributed by atoms with E-state index in [1.54, 1.807) is 62.6 Å². The van der Waals surface area contributed by atoms with Crippen molar-refractivity contribution in [2.24, 2.45) is 0 Å². The van der Waals surface area contributed by atoms with Gasteiger partial charge < -0.3 is 19.5 Å². The third kappa shape index (κ3) is 5.58. The van der Waals surface area contributed by atoms with E-state index in [2.05, 4.69) is 22.1 Å². The Bertz CT molecular complexity index is 991. The van der Waals surface area contributed by atoms with Crippen molar-refractivity contribution in [1.29, 1.82) is 0 Å². The van der Waals surface area contributed by atoms with Gasteiger partial charge in [0, 0.05) is 16.7 Å². The van der Waals surface area contributed by atoms with E-state index in [4.69, 9.17) is 14.2 Å². The third-order valence-electron chi connectivity index (χ3n) is 4.23. The van der Waals surface area contributed by atoms with Crippen LogP contribution in [-0.4, -0.2) is 27.2 Å². The number of methoxy groups -OCH3 is 3. The van der Waals surface area contributed by atoms with E-state index in [1.165, 1.54) is 11.6 Å². The van der Waals surface area contributed by atoms with Crippen LogP contribution in [0.3, 0.4) is 0 Å². The van der Waals surface area contributed by atoms with E-state index in [-0.39, 0.29) is 5.91 Å². The number of para-hydroxylation sites is 1. The SMILES string of the molecule is COc1cc(C=CC(=O)Nc2ccccc2SCc2ccsc2)cc(OC)c1OC. The fourth-order valence-electron chi connectivity index (χ4n) is 2.78. The second kappa shape index (κ2) is 10.8. The lowest BCUT2D eigenvalue weighted by atomic mass is 10.1. The summed E-state index contributed by atoms with van der Waals surface area (Å²) in [6.45, 7) is 0. The number of rotatable bonds is 9. The molecule has 1 aromatic heterocycles. The van der Waals surface area contributed by atoms with Crippen LogP contribution in [0.15, 0.2) is 64.2 Å². The molecule has 3 aromatic rings. The van der Waals surface area contributed by atoms with E-state index in [0.717, 1.165) is 21.9 Å². The maximum absolute atomic E-state index is 12.5. The van der Waals surface area contributed by atoms with Crippen molar-refractivity contribution < 1.29 is 19.0 Å². The highest BCUT2D eigenvalue weighted by Gasteiger charge is 2.12. The van der Waals surface area contributed by atoms with Gasteiger partial charge in [-0.3, -0.25) is 4.79 Å². The van der Waals surface area contributed by atoms with Gasteiger partial charge in [-0.25, -0.2) is 0 Å². The molecule has 1 N–H and O–H groups in total. The summed E-state index contributed by atoms with van der Waals surface area (Å²) < 4.78 is 16.0. The summed E-state index contributed by atoms with van der Waals surface area (Å²) in [5.41, 5.74) is 2.82. The monoisotopic (exact) mass is 441 g/mol. The van der Waals surface area contributed by atoms with Crippen molar-refractivity contribution in [3.63, 3.8) is 0 Å². The van der Waals surface area contributed by atoms with Gasteiger partial charge in [0.05, 0.1) is 27.0 Å². The van der Waals surface area contributed by atoms with Crippen molar-refractivity contribution in [3.8, 4) is 17.2 Å². The third-order valence-corrected chi connectivity index (χ3v) is 6.11. The molecule has 0 spiro atoms. The average Bonchev–Trinajstić information content (AvgIpc) is 3.30. The summed E-state index contributed by atoms with van der Waals surface area (Å²) in [5.74, 6) is 2.22. The zero-order valence-corrected chi connectivity index (χ0v) is 18.6. The van der Waals surface area contributed by atoms with Gasteiger partial charge >= 0.3 is 0 Å². The number of anilines is 1. The molecule has 0 atom stereocenters. The number of thiophene rings is 1. The van der Waals surface area contributed by atoms with Crippen LogP contribution in [0.5, 0.6) is 17.2 Å². The van der Waals surface area contributed by atoms with Crippen molar-refractivity contribution in [2.45, 2.75) is 10.6 Å². The lowest BCUT2D eigenvalue weighted by molar-refractivity contribution is -0.111. The lowest BCUT2D eigenvalue weighted by Gasteiger charge is -2.13. The molecule has 5 nitrogen and oxygen atoms in total. The predicted octanol–water partition coefficient (Wildman–Crippen LogP) is 5.72. The molecule has 1 amide bonds. The van der Waals surface area contributed by atoms with Gasteiger partial charge in [-0.1, -0.05) is 12.1 Å². The first-order valence-electron chi connectivity index (χ1n) is 9.16. The lowest BCUT2D eigenvalue weighted by Crippen LogP contribution is -2.08. The largest absolute Gasteiger partial charge is 0.493 e. The fourth-order valence-corrected chi connectivity index (χ4v) is 4.50. The molecule has 1 heterocycles. The van der Waals surface area contributed by atoms with Gasteiger partial charge in [-0.15, -0.1) is 11.8 Å². The summed E-state index contributed by atoms with van der Waals surface area (Å²) >= 11 is 3.38. The van der Waals surface area contributed by atoms with E-state index >= 15 is 0 Å². The molecule has 0 aliphatic heterocycles. The minimum atomic E-state index is -0.215. The van der Waals surface area contributed by atoms with E-state index in [0.29, 0.717) is 17.2 Å². The molecule has 30 heavy (non-hydrogen) atoms. The Hall–Kier alpha value is -2.90. The Morgan fingerprint density at radius 3 is 2.43 bits per heavy atom. The summed E-state index contributed by atoms with van der Waals surface area (Å²) in [6.07, 6.45) is 3.20. The fraction of sp³-hybridized carbons (Fsp3) is 0.174. The topological polar surface area (TPSA) is 56.8 Å². The first kappa shape index (κ1) is 21.8. The summed E-state index contributed by atoms with van der Waals surface area (Å²) in [6, 6.07) is 13.5. The van der Waals surface area contributed by atoms with Crippen LogP contribution < -0.4 is 19.5 Å². The van der Waals surface area contributed by atoms with Gasteiger partial charge in [0.15, 0.2) is 11.5 Å². The first-order chi connectivity index (χ1) is 14.6. The Balaban J connectivity index is 1.71. The van der Waals surface area contributed by atoms with Gasteiger partial charge in [0.1, 0.15) is 0 Å². The zero-order valence-electron chi connectivity index (χ0n) is 17.0. The van der Waals surface area contributed by atoms with Crippen LogP contribution in [0.25, 0.3) is 6.08 Å². The van der Waals surface area contributed by atoms with Crippen LogP contribution in [0, 0.1) is 0 Å². The van der Waals surface area contributed by atoms with E-state index in [1.807, 2.05) is 24.3 Å². The molecule has 0 bridgehead atoms. The van der Waals surface area contributed by atoms with Crippen LogP contribution in [0.1, 0.15) is 11.1 Å². The number of nitrogens with one attached hydrogen (secondary N) is 1. The highest BCUT2D eigenvalue weighted by Crippen LogP contribution is 2.38. The second-order valence-corrected chi connectivity index (χ2v) is 7.99. The predicted molar refractivity (Wildman–Crippen MR) is 124 cm³/mol. The summed E-state index contributed by atoms with van der Waals surface area (Å²) in [5, 5.41) is 7.16. The average molecular weight is 442 g/mol. The summed E-state index contributed by atoms with van der Waals surface area (Å²) in [4.78, 5) is 13.5. The molecule has 0 unspecified atom stereocenters. The molecular weight excluding hydrogens is 418 g/mol. The minimum absolute atomic E-state index is 0.215. The van der Waals surface area contributed by atoms with Crippen LogP contribution in [0.4, 0.5) is 5.69 Å². The molecule has 0 aliphatic rings. The van der Waals surface area contributed by atoms with Gasteiger partial charge in [0.25, 0.3) is 0 Å². The number of carbonyl (C=O) groups excluding carboxylic acids is 1. The molecule has 7 heteroatoms. The molecule has 3 rings (SSSR count). The van der Waals surface area contributed by atoms with Crippen LogP contribution in [0.2, 0.25) is 0 Å². The number of hydrogen-bond acceptors (Lipinski definition) is 6. The molecule has 0 aliphatic carbocycles. The Morgan fingerprint density at radius 2 is 1.80 bits per heavy atom. The molecule has 0 saturated heterocycles. The number of benzene rings is 2. The van der Waals surface area contributed by atoms with Crippen molar-refractivity contribution in [1.82, 2.24) is 0 Å². The number of amides is 1. The minimum Gasteiger partial charge on any atom is -0.493 e. The highest BCUT2D eigenvalue weighted by atomic mass is 32.2. The zero-order chi connectivity index (χ0) is 21.3. The Labute approximate surface area is 184 Å². The number of hydrogen-bond donors (Lipinski definition) is 1. The van der Waals surface area contributed by atoms with Gasteiger partial charge in [-0.05, 0) is 58.3 Å². The number of thioether (sulfide) groups is 1. The quantitative estimate of drug-likeness (QED) is 0.340. The Kier molecular flexibility index (Phi) is 7.82. The van der Waals surface area contributed by atoms with Crippen molar-refractivity contribution in [2.75, 3.05) is 26.6 Å². The number of ether oxygens (including phenoxy) is 3. The number of carbonyl (C=O) groups is 1. The smallest absolute Gasteiger partial charge is 0.248 e. The maximum Gasteiger partial charge on any atom is 0.248 e. The first-order valence-corrected chi connectivity index (χ1v) is 11.1. The van der Waals surface area contributed by atoms with Gasteiger partial charge in [-0.2, -0.15) is 11.3 Å². The van der Waals surface area contributed by atoms with Crippen LogP contribution >= 0.6 is 23.1 Å². The molecular formula is C23H23NO4S2. The summed E-state index contributed by atoms with van der Waals surface area (Å²) in [7, 11) is 4.67. The normalized spacial score (nSPS) is 10.8. The highest BCUT2D eigenvalue weighted by molar-refractivity contribution is 7.98. The van der Waals surface area contributed by atoms with E-state index in [9.17, 15) is 4.79 Å². The molecule has 2 aromatic carbocycles.